The highest BCUT2D eigenvalue weighted by atomic mass is 32.2. The first-order valence-electron chi connectivity index (χ1n) is 5.01. The zero-order valence-electron chi connectivity index (χ0n) is 10.1. The van der Waals surface area contributed by atoms with Gasteiger partial charge in [-0.1, -0.05) is 13.2 Å². The van der Waals surface area contributed by atoms with Gasteiger partial charge in [0.2, 0.25) is 0 Å². The van der Waals surface area contributed by atoms with Gasteiger partial charge in [0.1, 0.15) is 0 Å². The summed E-state index contributed by atoms with van der Waals surface area (Å²) >= 11 is 0. The van der Waals surface area contributed by atoms with Crippen LogP contribution in [0.3, 0.4) is 0 Å². The molecular weight excluding hydrogens is 302 g/mol. The molecule has 0 spiro atoms. The molecule has 0 aromatic carbocycles. The first-order chi connectivity index (χ1) is 9.11. The number of carbonyl (C=O) groups is 2. The second kappa shape index (κ2) is 7.70. The molecule has 1 N–H and O–H groups in total. The molecule has 3 unspecified atom stereocenters. The Hall–Kier alpha value is -1.81. The van der Waals surface area contributed by atoms with E-state index in [4.69, 9.17) is 4.55 Å². The highest BCUT2D eigenvalue weighted by Crippen LogP contribution is 2.12. The van der Waals surface area contributed by atoms with Gasteiger partial charge >= 0.3 is 11.9 Å². The summed E-state index contributed by atoms with van der Waals surface area (Å²) in [5.74, 6) is -3.21. The molecule has 20 heavy (non-hydrogen) atoms. The third-order valence-electron chi connectivity index (χ3n) is 1.82. The van der Waals surface area contributed by atoms with Crippen molar-refractivity contribution in [3.63, 3.8) is 0 Å². The lowest BCUT2D eigenvalue weighted by molar-refractivity contribution is -0.160. The van der Waals surface area contributed by atoms with E-state index in [1.807, 2.05) is 0 Å². The molecule has 0 aliphatic carbocycles. The van der Waals surface area contributed by atoms with Gasteiger partial charge in [0, 0.05) is 0 Å². The van der Waals surface area contributed by atoms with Gasteiger partial charge in [-0.25, -0.2) is 0 Å². The Kier molecular flexibility index (Phi) is 7.00. The Labute approximate surface area is 113 Å². The number of ether oxygens (including phenoxy) is 2. The summed E-state index contributed by atoms with van der Waals surface area (Å²) in [6, 6.07) is 0. The third-order valence-corrected chi connectivity index (χ3v) is 2.90. The molecule has 0 radical (unpaired) electrons. The van der Waals surface area contributed by atoms with Gasteiger partial charge in [0.25, 0.3) is 22.8 Å². The van der Waals surface area contributed by atoms with Crippen LogP contribution in [0.4, 0.5) is 8.78 Å². The zero-order chi connectivity index (χ0) is 15.9. The van der Waals surface area contributed by atoms with Gasteiger partial charge in [0.15, 0.2) is 5.25 Å². The van der Waals surface area contributed by atoms with Gasteiger partial charge in [-0.15, -0.1) is 0 Å². The molecule has 7 nitrogen and oxygen atoms in total. The van der Waals surface area contributed by atoms with Crippen LogP contribution >= 0.6 is 0 Å². The molecule has 0 fully saturated rings. The molecule has 0 rings (SSSR count). The molecule has 114 valence electrons. The summed E-state index contributed by atoms with van der Waals surface area (Å²) in [6.45, 7) is 5.89. The fourth-order valence-corrected chi connectivity index (χ4v) is 1.56. The largest absolute Gasteiger partial charge is 0.427 e. The van der Waals surface area contributed by atoms with Crippen molar-refractivity contribution in [2.45, 2.75) is 24.4 Å². The minimum absolute atomic E-state index is 0.534. The smallest absolute Gasteiger partial charge is 0.330 e. The van der Waals surface area contributed by atoms with E-state index in [2.05, 4.69) is 22.6 Å². The van der Waals surface area contributed by atoms with Gasteiger partial charge < -0.3 is 9.47 Å². The van der Waals surface area contributed by atoms with Crippen LogP contribution in [0.2, 0.25) is 0 Å². The molecule has 0 aromatic heterocycles. The van der Waals surface area contributed by atoms with Crippen molar-refractivity contribution in [2.24, 2.45) is 0 Å². The van der Waals surface area contributed by atoms with Crippen LogP contribution in [0.15, 0.2) is 25.3 Å². The van der Waals surface area contributed by atoms with Gasteiger partial charge in [-0.05, 0) is 12.2 Å². The lowest BCUT2D eigenvalue weighted by Crippen LogP contribution is -2.36. The molecule has 3 atom stereocenters. The Morgan fingerprint density at radius 3 is 2.00 bits per heavy atom. The van der Waals surface area contributed by atoms with E-state index in [9.17, 15) is 26.8 Å². The zero-order valence-corrected chi connectivity index (χ0v) is 10.9. The molecule has 0 saturated heterocycles. The molecule has 0 aliphatic heterocycles. The monoisotopic (exact) mass is 314 g/mol. The SMILES string of the molecule is C=CC(F)OC(=O)CC(C(=O)OC(F)C=C)S(=O)(=O)O. The Balaban J connectivity index is 4.92. The van der Waals surface area contributed by atoms with E-state index in [1.54, 1.807) is 0 Å². The third kappa shape index (κ3) is 6.38. The lowest BCUT2D eigenvalue weighted by Gasteiger charge is -2.14. The quantitative estimate of drug-likeness (QED) is 0.399. The van der Waals surface area contributed by atoms with Crippen molar-refractivity contribution in [3.05, 3.63) is 25.3 Å². The predicted molar refractivity (Wildman–Crippen MR) is 62.3 cm³/mol. The molecule has 0 bridgehead atoms. The molecule has 10 heteroatoms. The number of halogens is 2. The predicted octanol–water partition coefficient (Wildman–Crippen LogP) is 0.682. The highest BCUT2D eigenvalue weighted by Gasteiger charge is 2.37. The second-order valence-electron chi connectivity index (χ2n) is 3.31. The number of carbonyl (C=O) groups excluding carboxylic acids is 2. The number of hydrogen-bond acceptors (Lipinski definition) is 6. The van der Waals surface area contributed by atoms with E-state index >= 15 is 0 Å². The first-order valence-corrected chi connectivity index (χ1v) is 6.51. The number of rotatable bonds is 8. The molecule has 0 amide bonds. The van der Waals surface area contributed by atoms with Crippen LogP contribution in [0, 0.1) is 0 Å². The van der Waals surface area contributed by atoms with Crippen molar-refractivity contribution in [3.8, 4) is 0 Å². The van der Waals surface area contributed by atoms with Crippen LogP contribution in [-0.4, -0.2) is 42.9 Å². The lowest BCUT2D eigenvalue weighted by atomic mass is 10.3. The maximum absolute atomic E-state index is 12.7. The van der Waals surface area contributed by atoms with Crippen molar-refractivity contribution < 1.29 is 40.8 Å². The molecule has 0 saturated carbocycles. The summed E-state index contributed by atoms with van der Waals surface area (Å²) < 4.78 is 63.9. The highest BCUT2D eigenvalue weighted by molar-refractivity contribution is 7.87. The average Bonchev–Trinajstić information content (AvgIpc) is 2.33. The molecular formula is C10H12F2O7S. The standard InChI is InChI=1S/C10H12F2O7S/c1-3-7(11)18-9(13)5-6(20(15,16)17)10(14)19-8(12)4-2/h3-4,6-8H,1-2,5H2,(H,15,16,17). The number of hydrogen-bond donors (Lipinski definition) is 1. The Bertz CT molecular complexity index is 488. The number of alkyl halides is 2. The fourth-order valence-electron chi connectivity index (χ4n) is 0.918. The van der Waals surface area contributed by atoms with Gasteiger partial charge in [-0.3, -0.25) is 14.1 Å². The average molecular weight is 314 g/mol. The summed E-state index contributed by atoms with van der Waals surface area (Å²) in [5.41, 5.74) is 0. The van der Waals surface area contributed by atoms with E-state index in [0.29, 0.717) is 12.2 Å². The summed E-state index contributed by atoms with van der Waals surface area (Å²) in [5, 5.41) is -2.44. The topological polar surface area (TPSA) is 107 Å². The Morgan fingerprint density at radius 2 is 1.60 bits per heavy atom. The molecule has 0 aliphatic rings. The van der Waals surface area contributed by atoms with Gasteiger partial charge in [-0.2, -0.15) is 17.2 Å². The van der Waals surface area contributed by atoms with E-state index in [1.165, 1.54) is 0 Å². The summed E-state index contributed by atoms with van der Waals surface area (Å²) in [6.07, 6.45) is -4.68. The maximum atomic E-state index is 12.7. The minimum atomic E-state index is -5.08. The van der Waals surface area contributed by atoms with Crippen LogP contribution in [0.25, 0.3) is 0 Å². The minimum Gasteiger partial charge on any atom is -0.427 e. The maximum Gasteiger partial charge on any atom is 0.330 e. The van der Waals surface area contributed by atoms with Crippen molar-refractivity contribution >= 4 is 22.1 Å². The van der Waals surface area contributed by atoms with Gasteiger partial charge in [0.05, 0.1) is 6.42 Å². The van der Waals surface area contributed by atoms with E-state index in [0.717, 1.165) is 0 Å². The second-order valence-corrected chi connectivity index (χ2v) is 4.91. The van der Waals surface area contributed by atoms with Crippen LogP contribution in [0.5, 0.6) is 0 Å². The molecule has 0 aromatic rings. The molecule has 0 heterocycles. The van der Waals surface area contributed by atoms with E-state index < -0.39 is 46.4 Å². The fraction of sp³-hybridized carbons (Fsp3) is 0.400. The number of esters is 2. The first kappa shape index (κ1) is 18.2. The van der Waals surface area contributed by atoms with Crippen LogP contribution in [0.1, 0.15) is 6.42 Å². The Morgan fingerprint density at radius 1 is 1.15 bits per heavy atom. The van der Waals surface area contributed by atoms with E-state index in [-0.39, 0.29) is 0 Å². The normalized spacial score (nSPS) is 15.6. The van der Waals surface area contributed by atoms with Crippen molar-refractivity contribution in [2.75, 3.05) is 0 Å². The van der Waals surface area contributed by atoms with Crippen LogP contribution < -0.4 is 0 Å². The summed E-state index contributed by atoms with van der Waals surface area (Å²) in [7, 11) is -5.08. The summed E-state index contributed by atoms with van der Waals surface area (Å²) in [4.78, 5) is 22.4. The van der Waals surface area contributed by atoms with Crippen LogP contribution in [-0.2, 0) is 29.2 Å². The van der Waals surface area contributed by atoms with Crippen molar-refractivity contribution in [1.82, 2.24) is 0 Å². The van der Waals surface area contributed by atoms with Crippen molar-refractivity contribution in [1.29, 1.82) is 0 Å².